The first kappa shape index (κ1) is 16.6. The standard InChI is InChI=1S/C17H25N3O2S/c1-13-16(21)20(12-11-19-9-7-18-8-10-19)17(23-13)14-5-3-4-6-15(14)22-2/h3-6,13,17-18H,7-12H2,1-2H3/p+2/t13-,17-/m1/s1. The highest BCUT2D eigenvalue weighted by molar-refractivity contribution is 8.01. The Morgan fingerprint density at radius 3 is 2.83 bits per heavy atom. The number of ether oxygens (including phenoxy) is 1. The number of hydrogen-bond donors (Lipinski definition) is 2. The summed E-state index contributed by atoms with van der Waals surface area (Å²) in [7, 11) is 1.70. The maximum Gasteiger partial charge on any atom is 0.236 e. The number of piperazine rings is 1. The minimum Gasteiger partial charge on any atom is -0.496 e. The van der Waals surface area contributed by atoms with Gasteiger partial charge in [-0.1, -0.05) is 18.2 Å². The minimum absolute atomic E-state index is 0.0228. The van der Waals surface area contributed by atoms with Crippen LogP contribution >= 0.6 is 11.8 Å². The third-order valence-corrected chi connectivity index (χ3v) is 6.14. The lowest BCUT2D eigenvalue weighted by molar-refractivity contribution is -0.946. The summed E-state index contributed by atoms with van der Waals surface area (Å²) in [5.41, 5.74) is 1.11. The van der Waals surface area contributed by atoms with Crippen molar-refractivity contribution >= 4 is 17.7 Å². The van der Waals surface area contributed by atoms with Gasteiger partial charge in [0, 0.05) is 5.56 Å². The van der Waals surface area contributed by atoms with Gasteiger partial charge in [-0.25, -0.2) is 0 Å². The number of thioether (sulfide) groups is 1. The van der Waals surface area contributed by atoms with E-state index in [4.69, 9.17) is 4.74 Å². The number of nitrogens with one attached hydrogen (secondary N) is 1. The molecule has 2 saturated heterocycles. The predicted molar refractivity (Wildman–Crippen MR) is 91.7 cm³/mol. The van der Waals surface area contributed by atoms with Gasteiger partial charge < -0.3 is 19.9 Å². The first-order chi connectivity index (χ1) is 11.2. The van der Waals surface area contributed by atoms with Gasteiger partial charge in [0.05, 0.1) is 25.4 Å². The third-order valence-electron chi connectivity index (χ3n) is 4.76. The molecule has 2 atom stereocenters. The number of carbonyl (C=O) groups excluding carboxylic acids is 1. The number of amides is 1. The fraction of sp³-hybridized carbons (Fsp3) is 0.588. The SMILES string of the molecule is COc1ccccc1[C@H]1S[C@H](C)C(=O)N1CC[NH+]1CC[NH2+]CC1. The van der Waals surface area contributed by atoms with E-state index in [0.717, 1.165) is 24.4 Å². The van der Waals surface area contributed by atoms with E-state index in [0.29, 0.717) is 0 Å². The molecular formula is C17H27N3O2S+2. The fourth-order valence-corrected chi connectivity index (χ4v) is 4.76. The Morgan fingerprint density at radius 1 is 1.35 bits per heavy atom. The summed E-state index contributed by atoms with van der Waals surface area (Å²) < 4.78 is 5.51. The number of nitrogens with two attached hydrogens (primary N) is 1. The lowest BCUT2D eigenvalue weighted by atomic mass is 10.1. The van der Waals surface area contributed by atoms with Crippen molar-refractivity contribution in [1.29, 1.82) is 0 Å². The number of methoxy groups -OCH3 is 1. The molecule has 2 aliphatic rings. The fourth-order valence-electron chi connectivity index (χ4n) is 3.42. The van der Waals surface area contributed by atoms with E-state index in [2.05, 4.69) is 16.3 Å². The summed E-state index contributed by atoms with van der Waals surface area (Å²) in [6.45, 7) is 8.67. The maximum atomic E-state index is 12.6. The molecule has 126 valence electrons. The van der Waals surface area contributed by atoms with Crippen LogP contribution in [0.25, 0.3) is 0 Å². The Kier molecular flexibility index (Phi) is 5.46. The molecule has 5 nitrogen and oxygen atoms in total. The Hall–Kier alpha value is -1.24. The van der Waals surface area contributed by atoms with Crippen LogP contribution in [0.1, 0.15) is 17.9 Å². The van der Waals surface area contributed by atoms with Crippen LogP contribution < -0.4 is 15.0 Å². The Bertz CT molecular complexity index is 548. The van der Waals surface area contributed by atoms with E-state index in [1.165, 1.54) is 26.2 Å². The van der Waals surface area contributed by atoms with Crippen LogP contribution in [0.4, 0.5) is 0 Å². The number of hydrogen-bond acceptors (Lipinski definition) is 3. The van der Waals surface area contributed by atoms with E-state index < -0.39 is 0 Å². The number of nitrogens with zero attached hydrogens (tertiary/aromatic N) is 1. The minimum atomic E-state index is 0.0228. The van der Waals surface area contributed by atoms with Crippen molar-refractivity contribution in [2.45, 2.75) is 17.5 Å². The molecule has 0 radical (unpaired) electrons. The first-order valence-electron chi connectivity index (χ1n) is 8.45. The van der Waals surface area contributed by atoms with Crippen LogP contribution in [-0.2, 0) is 4.79 Å². The zero-order valence-corrected chi connectivity index (χ0v) is 14.8. The second-order valence-corrected chi connectivity index (χ2v) is 7.70. The molecule has 23 heavy (non-hydrogen) atoms. The lowest BCUT2D eigenvalue weighted by Crippen LogP contribution is -3.20. The average Bonchev–Trinajstić information content (AvgIpc) is 2.88. The van der Waals surface area contributed by atoms with Crippen molar-refractivity contribution in [3.63, 3.8) is 0 Å². The second kappa shape index (κ2) is 7.55. The Morgan fingerprint density at radius 2 is 2.09 bits per heavy atom. The van der Waals surface area contributed by atoms with Gasteiger partial charge >= 0.3 is 0 Å². The summed E-state index contributed by atoms with van der Waals surface area (Å²) in [4.78, 5) is 16.3. The van der Waals surface area contributed by atoms with E-state index >= 15 is 0 Å². The van der Waals surface area contributed by atoms with Crippen LogP contribution in [-0.4, -0.2) is 62.4 Å². The summed E-state index contributed by atoms with van der Waals surface area (Å²) >= 11 is 1.73. The molecule has 1 aromatic rings. The molecule has 6 heteroatoms. The van der Waals surface area contributed by atoms with Gasteiger partial charge in [0.1, 0.15) is 37.3 Å². The van der Waals surface area contributed by atoms with Crippen molar-refractivity contribution in [2.24, 2.45) is 0 Å². The smallest absolute Gasteiger partial charge is 0.236 e. The molecule has 0 bridgehead atoms. The molecule has 3 rings (SSSR count). The number of para-hydroxylation sites is 1. The molecule has 2 heterocycles. The molecule has 0 aliphatic carbocycles. The Balaban J connectivity index is 1.73. The van der Waals surface area contributed by atoms with Crippen molar-refractivity contribution in [1.82, 2.24) is 4.90 Å². The molecule has 0 aromatic heterocycles. The van der Waals surface area contributed by atoms with Gasteiger partial charge in [-0.3, -0.25) is 4.79 Å². The van der Waals surface area contributed by atoms with E-state index in [-0.39, 0.29) is 16.5 Å². The van der Waals surface area contributed by atoms with Gasteiger partial charge in [-0.05, 0) is 13.0 Å². The van der Waals surface area contributed by atoms with Gasteiger partial charge in [0.2, 0.25) is 5.91 Å². The third kappa shape index (κ3) is 3.65. The maximum absolute atomic E-state index is 12.6. The van der Waals surface area contributed by atoms with Gasteiger partial charge in [0.25, 0.3) is 0 Å². The molecular weight excluding hydrogens is 310 g/mol. The van der Waals surface area contributed by atoms with Crippen molar-refractivity contribution < 1.29 is 19.7 Å². The van der Waals surface area contributed by atoms with E-state index in [9.17, 15) is 4.79 Å². The average molecular weight is 337 g/mol. The van der Waals surface area contributed by atoms with Crippen molar-refractivity contribution in [3.05, 3.63) is 29.8 Å². The van der Waals surface area contributed by atoms with Crippen LogP contribution in [0.2, 0.25) is 0 Å². The summed E-state index contributed by atoms with van der Waals surface area (Å²) in [5.74, 6) is 1.13. The Labute approximate surface area is 142 Å². The zero-order chi connectivity index (χ0) is 16.2. The highest BCUT2D eigenvalue weighted by Gasteiger charge is 2.40. The monoisotopic (exact) mass is 337 g/mol. The van der Waals surface area contributed by atoms with Crippen LogP contribution in [0, 0.1) is 0 Å². The number of quaternary nitrogens is 2. The predicted octanol–water partition coefficient (Wildman–Crippen LogP) is -0.880. The number of benzene rings is 1. The quantitative estimate of drug-likeness (QED) is 0.734. The van der Waals surface area contributed by atoms with Crippen molar-refractivity contribution in [3.8, 4) is 5.75 Å². The van der Waals surface area contributed by atoms with Gasteiger partial charge in [-0.15, -0.1) is 11.8 Å². The summed E-state index contributed by atoms with van der Waals surface area (Å²) in [6.07, 6.45) is 0. The highest BCUT2D eigenvalue weighted by atomic mass is 32.2. The molecule has 0 saturated carbocycles. The molecule has 0 spiro atoms. The molecule has 0 unspecified atom stereocenters. The number of carbonyl (C=O) groups is 1. The molecule has 2 aliphatic heterocycles. The topological polar surface area (TPSA) is 50.6 Å². The van der Waals surface area contributed by atoms with Crippen LogP contribution in [0.3, 0.4) is 0 Å². The molecule has 3 N–H and O–H groups in total. The lowest BCUT2D eigenvalue weighted by Gasteiger charge is -2.28. The molecule has 2 fully saturated rings. The summed E-state index contributed by atoms with van der Waals surface area (Å²) in [6, 6.07) is 8.06. The second-order valence-electron chi connectivity index (χ2n) is 6.27. The molecule has 1 aromatic carbocycles. The highest BCUT2D eigenvalue weighted by Crippen LogP contribution is 2.45. The van der Waals surface area contributed by atoms with E-state index in [1.54, 1.807) is 23.8 Å². The van der Waals surface area contributed by atoms with Crippen LogP contribution in [0.15, 0.2) is 24.3 Å². The van der Waals surface area contributed by atoms with Gasteiger partial charge in [0.15, 0.2) is 0 Å². The van der Waals surface area contributed by atoms with Gasteiger partial charge in [-0.2, -0.15) is 0 Å². The normalized spacial score (nSPS) is 25.8. The van der Waals surface area contributed by atoms with Crippen molar-refractivity contribution in [2.75, 3.05) is 46.4 Å². The zero-order valence-electron chi connectivity index (χ0n) is 14.0. The molecule has 1 amide bonds. The van der Waals surface area contributed by atoms with E-state index in [1.807, 2.05) is 25.1 Å². The first-order valence-corrected chi connectivity index (χ1v) is 9.39. The summed E-state index contributed by atoms with van der Waals surface area (Å²) in [5, 5.41) is 2.47. The van der Waals surface area contributed by atoms with Crippen LogP contribution in [0.5, 0.6) is 5.75 Å². The number of rotatable bonds is 5. The largest absolute Gasteiger partial charge is 0.496 e.